The largest absolute Gasteiger partial charge is 0.463 e. The number of carbonyl (C=O) groups is 1. The molecule has 0 aliphatic rings. The van der Waals surface area contributed by atoms with Crippen LogP contribution in [0, 0.1) is 5.41 Å². The first-order valence-electron chi connectivity index (χ1n) is 5.92. The van der Waals surface area contributed by atoms with Crippen molar-refractivity contribution in [2.24, 2.45) is 5.41 Å². The zero-order valence-corrected chi connectivity index (χ0v) is 11.3. The number of ether oxygens (including phenoxy) is 1. The summed E-state index contributed by atoms with van der Waals surface area (Å²) in [6, 6.07) is 3.31. The molecule has 0 bridgehead atoms. The minimum atomic E-state index is -0.482. The Morgan fingerprint density at radius 2 is 2.22 bits per heavy atom. The summed E-state index contributed by atoms with van der Waals surface area (Å²) in [4.78, 5) is 11.2. The third-order valence-electron chi connectivity index (χ3n) is 2.75. The highest BCUT2D eigenvalue weighted by Gasteiger charge is 2.20. The molecule has 5 heteroatoms. The number of hydrogen-bond acceptors (Lipinski definition) is 5. The van der Waals surface area contributed by atoms with Crippen molar-refractivity contribution in [3.8, 4) is 0 Å². The standard InChI is InChI=1S/C13H21NO4/c1-9(14-7-13(2,3)8-15)10-5-6-11(18-10)12(16)17-4/h5-6,9,14-15H,7-8H2,1-4H3. The summed E-state index contributed by atoms with van der Waals surface area (Å²) in [6.07, 6.45) is 0. The maximum atomic E-state index is 11.2. The van der Waals surface area contributed by atoms with Crippen LogP contribution in [0.2, 0.25) is 0 Å². The first-order chi connectivity index (χ1) is 8.39. The van der Waals surface area contributed by atoms with E-state index in [1.165, 1.54) is 7.11 Å². The second-order valence-electron chi connectivity index (χ2n) is 5.12. The zero-order valence-electron chi connectivity index (χ0n) is 11.3. The lowest BCUT2D eigenvalue weighted by atomic mass is 9.94. The highest BCUT2D eigenvalue weighted by atomic mass is 16.5. The third-order valence-corrected chi connectivity index (χ3v) is 2.75. The van der Waals surface area contributed by atoms with Gasteiger partial charge >= 0.3 is 5.97 Å². The molecule has 0 aromatic carbocycles. The Hall–Kier alpha value is -1.33. The summed E-state index contributed by atoms with van der Waals surface area (Å²) in [5.41, 5.74) is -0.188. The molecule has 0 radical (unpaired) electrons. The lowest BCUT2D eigenvalue weighted by molar-refractivity contribution is 0.0562. The fraction of sp³-hybridized carbons (Fsp3) is 0.615. The van der Waals surface area contributed by atoms with Gasteiger partial charge in [0.05, 0.1) is 13.2 Å². The first kappa shape index (κ1) is 14.7. The van der Waals surface area contributed by atoms with Gasteiger partial charge in [0.25, 0.3) is 0 Å². The number of furan rings is 1. The third kappa shape index (κ3) is 3.85. The highest BCUT2D eigenvalue weighted by Crippen LogP contribution is 2.19. The second-order valence-corrected chi connectivity index (χ2v) is 5.12. The Kier molecular flexibility index (Phi) is 4.93. The van der Waals surface area contributed by atoms with E-state index < -0.39 is 5.97 Å². The van der Waals surface area contributed by atoms with Gasteiger partial charge in [-0.25, -0.2) is 4.79 Å². The molecule has 1 atom stereocenters. The van der Waals surface area contributed by atoms with E-state index in [-0.39, 0.29) is 23.8 Å². The quantitative estimate of drug-likeness (QED) is 0.757. The van der Waals surface area contributed by atoms with Gasteiger partial charge in [-0.3, -0.25) is 0 Å². The maximum Gasteiger partial charge on any atom is 0.373 e. The number of rotatable bonds is 6. The Labute approximate surface area is 107 Å². The molecule has 102 valence electrons. The summed E-state index contributed by atoms with van der Waals surface area (Å²) < 4.78 is 9.97. The van der Waals surface area contributed by atoms with Crippen LogP contribution in [0.25, 0.3) is 0 Å². The van der Waals surface area contributed by atoms with Crippen LogP contribution in [0.3, 0.4) is 0 Å². The van der Waals surface area contributed by atoms with Crippen molar-refractivity contribution < 1.29 is 19.1 Å². The molecular formula is C13H21NO4. The predicted molar refractivity (Wildman–Crippen MR) is 67.3 cm³/mol. The first-order valence-corrected chi connectivity index (χ1v) is 5.92. The van der Waals surface area contributed by atoms with Gasteiger partial charge in [-0.2, -0.15) is 0 Å². The number of hydrogen-bond donors (Lipinski definition) is 2. The van der Waals surface area contributed by atoms with Crippen LogP contribution >= 0.6 is 0 Å². The number of nitrogens with one attached hydrogen (secondary N) is 1. The van der Waals surface area contributed by atoms with E-state index in [0.717, 1.165) is 0 Å². The molecule has 18 heavy (non-hydrogen) atoms. The van der Waals surface area contributed by atoms with Crippen LogP contribution in [0.1, 0.15) is 43.1 Å². The minimum Gasteiger partial charge on any atom is -0.463 e. The summed E-state index contributed by atoms with van der Waals surface area (Å²) >= 11 is 0. The molecule has 0 saturated carbocycles. The molecule has 1 unspecified atom stereocenters. The molecule has 1 aromatic rings. The molecule has 5 nitrogen and oxygen atoms in total. The van der Waals surface area contributed by atoms with Gasteiger partial charge in [0.15, 0.2) is 0 Å². The Morgan fingerprint density at radius 1 is 1.56 bits per heavy atom. The van der Waals surface area contributed by atoms with Crippen molar-refractivity contribution in [1.82, 2.24) is 5.32 Å². The van der Waals surface area contributed by atoms with Crippen molar-refractivity contribution in [2.75, 3.05) is 20.3 Å². The van der Waals surface area contributed by atoms with Crippen LogP contribution < -0.4 is 5.32 Å². The minimum absolute atomic E-state index is 0.0331. The Balaban J connectivity index is 2.59. The van der Waals surface area contributed by atoms with Crippen molar-refractivity contribution in [3.05, 3.63) is 23.7 Å². The van der Waals surface area contributed by atoms with Gasteiger partial charge in [-0.05, 0) is 19.1 Å². The van der Waals surface area contributed by atoms with Gasteiger partial charge in [0.1, 0.15) is 5.76 Å². The molecule has 1 aromatic heterocycles. The molecule has 0 spiro atoms. The summed E-state index contributed by atoms with van der Waals surface area (Å²) in [5, 5.41) is 12.4. The lowest BCUT2D eigenvalue weighted by Crippen LogP contribution is -2.33. The van der Waals surface area contributed by atoms with E-state index in [1.807, 2.05) is 20.8 Å². The summed E-state index contributed by atoms with van der Waals surface area (Å²) in [7, 11) is 1.32. The molecule has 0 saturated heterocycles. The average molecular weight is 255 g/mol. The monoisotopic (exact) mass is 255 g/mol. The molecule has 0 aliphatic heterocycles. The van der Waals surface area contributed by atoms with Crippen molar-refractivity contribution in [2.45, 2.75) is 26.8 Å². The van der Waals surface area contributed by atoms with Crippen molar-refractivity contribution >= 4 is 5.97 Å². The number of aliphatic hydroxyl groups is 1. The van der Waals surface area contributed by atoms with E-state index >= 15 is 0 Å². The average Bonchev–Trinajstić information content (AvgIpc) is 2.84. The molecule has 0 fully saturated rings. The van der Waals surface area contributed by atoms with E-state index in [2.05, 4.69) is 10.1 Å². The lowest BCUT2D eigenvalue weighted by Gasteiger charge is -2.24. The summed E-state index contributed by atoms with van der Waals surface area (Å²) in [6.45, 7) is 6.63. The fourth-order valence-corrected chi connectivity index (χ4v) is 1.38. The Bertz CT molecular complexity index is 397. The van der Waals surface area contributed by atoms with E-state index in [0.29, 0.717) is 12.3 Å². The molecule has 1 rings (SSSR count). The Morgan fingerprint density at radius 3 is 2.78 bits per heavy atom. The van der Waals surface area contributed by atoms with Crippen LogP contribution in [0.15, 0.2) is 16.5 Å². The molecule has 2 N–H and O–H groups in total. The van der Waals surface area contributed by atoms with Gasteiger partial charge in [0.2, 0.25) is 5.76 Å². The smallest absolute Gasteiger partial charge is 0.373 e. The van der Waals surface area contributed by atoms with E-state index in [9.17, 15) is 4.79 Å². The van der Waals surface area contributed by atoms with Crippen molar-refractivity contribution in [1.29, 1.82) is 0 Å². The highest BCUT2D eigenvalue weighted by molar-refractivity contribution is 5.86. The SMILES string of the molecule is COC(=O)c1ccc(C(C)NCC(C)(C)CO)o1. The van der Waals surface area contributed by atoms with E-state index in [1.54, 1.807) is 12.1 Å². The normalized spacial score (nSPS) is 13.4. The molecule has 0 aliphatic carbocycles. The topological polar surface area (TPSA) is 71.7 Å². The second kappa shape index (κ2) is 6.02. The van der Waals surface area contributed by atoms with Gasteiger partial charge in [-0.1, -0.05) is 13.8 Å². The van der Waals surface area contributed by atoms with Crippen LogP contribution in [0.5, 0.6) is 0 Å². The number of methoxy groups -OCH3 is 1. The van der Waals surface area contributed by atoms with Gasteiger partial charge in [0, 0.05) is 18.6 Å². The van der Waals surface area contributed by atoms with Crippen LogP contribution in [-0.2, 0) is 4.74 Å². The number of carbonyl (C=O) groups excluding carboxylic acids is 1. The fourth-order valence-electron chi connectivity index (χ4n) is 1.38. The maximum absolute atomic E-state index is 11.2. The van der Waals surface area contributed by atoms with Gasteiger partial charge in [-0.15, -0.1) is 0 Å². The van der Waals surface area contributed by atoms with Crippen LogP contribution in [0.4, 0.5) is 0 Å². The van der Waals surface area contributed by atoms with Gasteiger partial charge < -0.3 is 19.6 Å². The summed E-state index contributed by atoms with van der Waals surface area (Å²) in [5.74, 6) is 0.385. The van der Waals surface area contributed by atoms with Crippen molar-refractivity contribution in [3.63, 3.8) is 0 Å². The predicted octanol–water partition coefficient (Wildman–Crippen LogP) is 1.74. The molecular weight excluding hydrogens is 234 g/mol. The molecule has 0 amide bonds. The number of esters is 1. The van der Waals surface area contributed by atoms with E-state index in [4.69, 9.17) is 9.52 Å². The number of aliphatic hydroxyl groups excluding tert-OH is 1. The van der Waals surface area contributed by atoms with Crippen LogP contribution in [-0.4, -0.2) is 31.3 Å². The zero-order chi connectivity index (χ0) is 13.8. The molecule has 1 heterocycles.